The van der Waals surface area contributed by atoms with E-state index >= 15 is 0 Å². The molecule has 3 aromatic heterocycles. The summed E-state index contributed by atoms with van der Waals surface area (Å²) in [5.74, 6) is 0. The van der Waals surface area contributed by atoms with Gasteiger partial charge >= 0.3 is 68.5 Å². The zero-order valence-corrected chi connectivity index (χ0v) is 49.6. The van der Waals surface area contributed by atoms with E-state index in [4.69, 9.17) is 42.7 Å². The predicted molar refractivity (Wildman–Crippen MR) is 271 cm³/mol. The summed E-state index contributed by atoms with van der Waals surface area (Å²) in [5.41, 5.74) is -0.508. The van der Waals surface area contributed by atoms with E-state index in [0.717, 1.165) is 29.5 Å². The van der Waals surface area contributed by atoms with Gasteiger partial charge < -0.3 is 67.4 Å². The van der Waals surface area contributed by atoms with Crippen molar-refractivity contribution in [2.24, 2.45) is 0 Å². The molecule has 1 N–H and O–H groups in total. The quantitative estimate of drug-likeness (QED) is 0.0784. The number of ether oxygens (including phenoxy) is 3. The van der Waals surface area contributed by atoms with Crippen LogP contribution in [0.4, 0.5) is 14.4 Å². The van der Waals surface area contributed by atoms with Crippen LogP contribution in [0.2, 0.25) is 0 Å². The number of likely N-dealkylation sites (tertiary alicyclic amines) is 2. The predicted octanol–water partition coefficient (Wildman–Crippen LogP) is -0.464. The minimum Gasteiger partial charge on any atom is -0.662 e. The number of hydrogen-bond donors (Lipinski definition) is 1. The van der Waals surface area contributed by atoms with Gasteiger partial charge in [-0.05, 0) is 104 Å². The number of amides is 2. The van der Waals surface area contributed by atoms with Gasteiger partial charge in [-0.1, -0.05) is 0 Å². The Bertz CT molecular complexity index is 2330. The van der Waals surface area contributed by atoms with Crippen LogP contribution in [0, 0.1) is 0 Å². The van der Waals surface area contributed by atoms with Crippen molar-refractivity contribution >= 4 is 73.4 Å². The van der Waals surface area contributed by atoms with Gasteiger partial charge in [-0.25, -0.2) is 14.4 Å². The third-order valence-electron chi connectivity index (χ3n) is 14.3. The molecular weight excluding hydrogens is 1010 g/mol. The second-order valence-corrected chi connectivity index (χ2v) is 22.8. The maximum atomic E-state index is 12.0. The Morgan fingerprint density at radius 3 is 1.12 bits per heavy atom. The smallest absolute Gasteiger partial charge is 0.662 e. The molecule has 6 aliphatic rings. The van der Waals surface area contributed by atoms with Gasteiger partial charge in [0, 0.05) is 104 Å². The van der Waals surface area contributed by atoms with Gasteiger partial charge in [0.2, 0.25) is 0 Å². The fourth-order valence-corrected chi connectivity index (χ4v) is 7.42. The minimum absolute atomic E-state index is 0. The van der Waals surface area contributed by atoms with Crippen molar-refractivity contribution in [3.05, 3.63) is 37.2 Å². The molecule has 410 valence electrons. The topological polar surface area (TPSA) is 256 Å². The molecule has 0 bridgehead atoms. The number of carbonyl (C=O) groups is 4. The molecule has 0 radical (unpaired) electrons. The van der Waals surface area contributed by atoms with Crippen molar-refractivity contribution in [3.8, 4) is 0 Å². The molecule has 75 heavy (non-hydrogen) atoms. The summed E-state index contributed by atoms with van der Waals surface area (Å²) in [6.07, 6.45) is 10.7. The summed E-state index contributed by atoms with van der Waals surface area (Å²) in [6, 6.07) is 0.806. The molecule has 2 amide bonds. The SMILES string of the molecule is CC(C)(C)OC(=O)N1CC(n2cc(B3OC(C)(C)C(C)(C)O3)cn2)C1.CC1(C)OB(c2cnn(C3CNC3)c2)OC1(C)C.COC(=O)Cl.COC(=O)N1CC(n2cc(B3OC(C)(C)C(C)(C)O3)cn2)C1.O=CO[O-].[Na+]. The molecule has 0 aromatic carbocycles. The summed E-state index contributed by atoms with van der Waals surface area (Å²) in [5, 5.41) is 24.9. The Balaban J connectivity index is 0.000000225. The molecule has 6 fully saturated rings. The summed E-state index contributed by atoms with van der Waals surface area (Å²) in [4.78, 5) is 47.3. The first-order chi connectivity index (χ1) is 34.2. The normalized spacial score (nSPS) is 21.6. The Hall–Kier alpha value is -3.73. The molecule has 29 heteroatoms. The van der Waals surface area contributed by atoms with Crippen LogP contribution in [0.25, 0.3) is 0 Å². The summed E-state index contributed by atoms with van der Waals surface area (Å²) in [6.45, 7) is 34.3. The Morgan fingerprint density at radius 1 is 0.613 bits per heavy atom. The van der Waals surface area contributed by atoms with Crippen molar-refractivity contribution < 1.29 is 101 Å². The van der Waals surface area contributed by atoms with Crippen LogP contribution >= 0.6 is 11.6 Å². The van der Waals surface area contributed by atoms with E-state index in [-0.39, 0.29) is 101 Å². The maximum absolute atomic E-state index is 12.0. The Labute approximate surface area is 468 Å². The Morgan fingerprint density at radius 2 is 0.893 bits per heavy atom. The van der Waals surface area contributed by atoms with Gasteiger partial charge in [-0.3, -0.25) is 18.8 Å². The molecule has 3 aromatic rings. The van der Waals surface area contributed by atoms with Gasteiger partial charge in [-0.15, -0.1) is 0 Å². The van der Waals surface area contributed by atoms with Crippen molar-refractivity contribution in [2.45, 2.75) is 161 Å². The number of nitrogens with zero attached hydrogens (tertiary/aromatic N) is 8. The van der Waals surface area contributed by atoms with E-state index in [1.54, 1.807) is 22.2 Å². The van der Waals surface area contributed by atoms with E-state index in [9.17, 15) is 14.4 Å². The minimum atomic E-state index is -0.773. The number of hydrogen-bond acceptors (Lipinski definition) is 19. The molecule has 0 unspecified atom stereocenters. The monoisotopic (exact) mass is 1080 g/mol. The molecular formula is C46H74B3ClN9NaO15. The van der Waals surface area contributed by atoms with Crippen LogP contribution < -0.4 is 56.5 Å². The number of carbonyl (C=O) groups excluding carboxylic acids is 4. The molecule has 0 saturated carbocycles. The number of nitrogens with one attached hydrogen (secondary N) is 1. The first-order valence-electron chi connectivity index (χ1n) is 24.4. The molecule has 0 atom stereocenters. The second kappa shape index (κ2) is 24.9. The molecule has 6 aliphatic heterocycles. The average molecular weight is 1080 g/mol. The van der Waals surface area contributed by atoms with Gasteiger partial charge in [0.05, 0.1) is 66.0 Å². The molecule has 24 nitrogen and oxygen atoms in total. The van der Waals surface area contributed by atoms with Gasteiger partial charge in [0.1, 0.15) is 5.60 Å². The first kappa shape index (κ1) is 63.8. The van der Waals surface area contributed by atoms with Gasteiger partial charge in [0.15, 0.2) is 0 Å². The van der Waals surface area contributed by atoms with Crippen LogP contribution in [0.3, 0.4) is 0 Å². The summed E-state index contributed by atoms with van der Waals surface area (Å²) < 4.78 is 55.8. The van der Waals surface area contributed by atoms with Crippen LogP contribution in [0.5, 0.6) is 0 Å². The number of halogens is 1. The molecule has 9 rings (SSSR count). The average Bonchev–Trinajstić information content (AvgIpc) is 4.09. The molecule has 6 saturated heterocycles. The number of aromatic nitrogens is 6. The van der Waals surface area contributed by atoms with E-state index < -0.39 is 25.3 Å². The van der Waals surface area contributed by atoms with Crippen LogP contribution in [-0.2, 0) is 51.8 Å². The summed E-state index contributed by atoms with van der Waals surface area (Å²) >= 11 is 4.60. The molecule has 0 aliphatic carbocycles. The van der Waals surface area contributed by atoms with Crippen molar-refractivity contribution in [1.29, 1.82) is 0 Å². The first-order valence-corrected chi connectivity index (χ1v) is 24.7. The Kier molecular flexibility index (Phi) is 21.2. The van der Waals surface area contributed by atoms with Crippen molar-refractivity contribution in [3.63, 3.8) is 0 Å². The van der Waals surface area contributed by atoms with Crippen LogP contribution in [0.1, 0.15) is 122 Å². The maximum Gasteiger partial charge on any atom is 1.00 e. The fraction of sp³-hybridized carbons (Fsp3) is 0.717. The number of rotatable bonds is 7. The molecule has 9 heterocycles. The largest absolute Gasteiger partial charge is 1.00 e. The third kappa shape index (κ3) is 15.7. The zero-order valence-electron chi connectivity index (χ0n) is 46.8. The van der Waals surface area contributed by atoms with Gasteiger partial charge in [-0.2, -0.15) is 15.3 Å². The van der Waals surface area contributed by atoms with E-state index in [1.807, 2.05) is 115 Å². The van der Waals surface area contributed by atoms with Gasteiger partial charge in [0.25, 0.3) is 6.47 Å². The van der Waals surface area contributed by atoms with Crippen molar-refractivity contribution in [2.75, 3.05) is 53.5 Å². The van der Waals surface area contributed by atoms with Crippen LogP contribution in [0.15, 0.2) is 37.2 Å². The number of methoxy groups -OCH3 is 2. The molecule has 0 spiro atoms. The van der Waals surface area contributed by atoms with E-state index in [0.29, 0.717) is 32.2 Å². The van der Waals surface area contributed by atoms with E-state index in [1.165, 1.54) is 14.2 Å². The standard InChI is InChI=1S/C17H28BN3O4.C14H22BN3O4.C12H20BN3O2.C2H3ClO2.CH2O3.Na/c1-15(2,3)23-14(22)20-10-13(11-20)21-9-12(8-19-21)18-24-16(4,5)17(6,7)25-18;1-13(2)14(3,4)22-15(21-13)10-6-16-18(7-10)11-8-17(9-11)12(19)20-5;1-11(2)12(3,4)18-13(17-11)9-5-15-16(8-9)10-6-14-7-10;1-5-2(3)4;2-1-4-3;/h8-9,13H,10-11H2,1-7H3;6-7,11H,8-9H2,1-5H3;5,8,10,14H,6-7H2,1-4H3;1H3;1,3H;/q;;;;;+1/p-1. The second-order valence-electron chi connectivity index (χ2n) is 22.5. The zero-order chi connectivity index (χ0) is 55.4. The fourth-order valence-electron chi connectivity index (χ4n) is 7.42. The van der Waals surface area contributed by atoms with Crippen LogP contribution in [-0.4, -0.2) is 177 Å². The summed E-state index contributed by atoms with van der Waals surface area (Å²) in [7, 11) is 1.48. The third-order valence-corrected chi connectivity index (χ3v) is 14.5. The van der Waals surface area contributed by atoms with Crippen molar-refractivity contribution in [1.82, 2.24) is 44.5 Å². The van der Waals surface area contributed by atoms with E-state index in [2.05, 4.69) is 74.3 Å².